The van der Waals surface area contributed by atoms with E-state index in [4.69, 9.17) is 4.74 Å². The van der Waals surface area contributed by atoms with Crippen LogP contribution in [0.3, 0.4) is 0 Å². The molecule has 0 radical (unpaired) electrons. The summed E-state index contributed by atoms with van der Waals surface area (Å²) in [4.78, 5) is 16.2. The molecule has 0 fully saturated rings. The van der Waals surface area contributed by atoms with Gasteiger partial charge in [0.1, 0.15) is 5.82 Å². The van der Waals surface area contributed by atoms with Crippen LogP contribution in [0.5, 0.6) is 0 Å². The summed E-state index contributed by atoms with van der Waals surface area (Å²) >= 11 is 0. The van der Waals surface area contributed by atoms with Gasteiger partial charge in [-0.25, -0.2) is 4.98 Å². The fraction of sp³-hybridized carbons (Fsp3) is 0.538. The Bertz CT molecular complexity index is 382. The molecular weight excluding hydrogens is 230 g/mol. The standard InChI is InChI=1S/C13H21N3O2/c1-4-14-12-11(6-5-7-15-12)13(17)16-8-10(2)9-18-3/h5-7,10H,4,8-9H2,1-3H3,(H,14,15)(H,16,17). The predicted molar refractivity (Wildman–Crippen MR) is 71.8 cm³/mol. The van der Waals surface area contributed by atoms with Crippen LogP contribution < -0.4 is 10.6 Å². The second-order valence-corrected chi connectivity index (χ2v) is 4.20. The number of amides is 1. The number of aromatic nitrogens is 1. The lowest BCUT2D eigenvalue weighted by atomic mass is 10.2. The van der Waals surface area contributed by atoms with Crippen LogP contribution in [0.2, 0.25) is 0 Å². The van der Waals surface area contributed by atoms with E-state index in [1.54, 1.807) is 25.4 Å². The molecule has 0 saturated carbocycles. The first kappa shape index (κ1) is 14.4. The van der Waals surface area contributed by atoms with Gasteiger partial charge in [0.25, 0.3) is 5.91 Å². The summed E-state index contributed by atoms with van der Waals surface area (Å²) in [6.07, 6.45) is 1.67. The third-order valence-electron chi connectivity index (χ3n) is 2.46. The summed E-state index contributed by atoms with van der Waals surface area (Å²) in [5, 5.41) is 5.96. The molecule has 0 aromatic carbocycles. The minimum atomic E-state index is -0.109. The summed E-state index contributed by atoms with van der Waals surface area (Å²) in [6.45, 7) is 5.95. The van der Waals surface area contributed by atoms with Crippen LogP contribution in [-0.4, -0.2) is 37.7 Å². The van der Waals surface area contributed by atoms with E-state index < -0.39 is 0 Å². The molecular formula is C13H21N3O2. The zero-order valence-corrected chi connectivity index (χ0v) is 11.2. The SMILES string of the molecule is CCNc1ncccc1C(=O)NCC(C)COC. The Morgan fingerprint density at radius 2 is 2.33 bits per heavy atom. The smallest absolute Gasteiger partial charge is 0.255 e. The van der Waals surface area contributed by atoms with Crippen LogP contribution in [0.4, 0.5) is 5.82 Å². The molecule has 5 nitrogen and oxygen atoms in total. The number of carbonyl (C=O) groups is 1. The van der Waals surface area contributed by atoms with E-state index in [0.717, 1.165) is 6.54 Å². The first-order valence-corrected chi connectivity index (χ1v) is 6.15. The van der Waals surface area contributed by atoms with Gasteiger partial charge in [-0.2, -0.15) is 0 Å². The van der Waals surface area contributed by atoms with E-state index in [9.17, 15) is 4.79 Å². The first-order valence-electron chi connectivity index (χ1n) is 6.15. The van der Waals surface area contributed by atoms with Gasteiger partial charge in [0.15, 0.2) is 0 Å². The van der Waals surface area contributed by atoms with Gasteiger partial charge in [0, 0.05) is 26.4 Å². The monoisotopic (exact) mass is 251 g/mol. The van der Waals surface area contributed by atoms with E-state index in [1.165, 1.54) is 0 Å². The fourth-order valence-electron chi connectivity index (χ4n) is 1.60. The van der Waals surface area contributed by atoms with E-state index in [1.807, 2.05) is 13.8 Å². The number of hydrogen-bond acceptors (Lipinski definition) is 4. The Hall–Kier alpha value is -1.62. The quantitative estimate of drug-likeness (QED) is 0.771. The lowest BCUT2D eigenvalue weighted by molar-refractivity contribution is 0.0934. The number of nitrogens with one attached hydrogen (secondary N) is 2. The normalized spacial score (nSPS) is 11.9. The number of ether oxygens (including phenoxy) is 1. The maximum atomic E-state index is 12.0. The zero-order chi connectivity index (χ0) is 13.4. The molecule has 1 aromatic heterocycles. The molecule has 0 bridgehead atoms. The minimum Gasteiger partial charge on any atom is -0.384 e. The molecule has 1 atom stereocenters. The third kappa shape index (κ3) is 4.33. The number of hydrogen-bond donors (Lipinski definition) is 2. The molecule has 1 unspecified atom stereocenters. The highest BCUT2D eigenvalue weighted by atomic mass is 16.5. The first-order chi connectivity index (χ1) is 8.69. The van der Waals surface area contributed by atoms with Crippen LogP contribution in [0.15, 0.2) is 18.3 Å². The van der Waals surface area contributed by atoms with Crippen molar-refractivity contribution in [3.05, 3.63) is 23.9 Å². The van der Waals surface area contributed by atoms with Gasteiger partial charge in [-0.3, -0.25) is 4.79 Å². The van der Waals surface area contributed by atoms with Crippen molar-refractivity contribution in [3.8, 4) is 0 Å². The number of anilines is 1. The Balaban J connectivity index is 2.60. The highest BCUT2D eigenvalue weighted by Crippen LogP contribution is 2.10. The number of rotatable bonds is 7. The van der Waals surface area contributed by atoms with Crippen LogP contribution in [0.1, 0.15) is 24.2 Å². The van der Waals surface area contributed by atoms with Crippen molar-refractivity contribution >= 4 is 11.7 Å². The number of nitrogens with zero attached hydrogens (tertiary/aromatic N) is 1. The summed E-state index contributed by atoms with van der Waals surface area (Å²) in [6, 6.07) is 3.52. The molecule has 100 valence electrons. The van der Waals surface area contributed by atoms with Gasteiger partial charge in [-0.1, -0.05) is 6.92 Å². The maximum Gasteiger partial charge on any atom is 0.255 e. The zero-order valence-electron chi connectivity index (χ0n) is 11.2. The highest BCUT2D eigenvalue weighted by molar-refractivity contribution is 5.98. The van der Waals surface area contributed by atoms with Gasteiger partial charge in [0.2, 0.25) is 0 Å². The molecule has 1 aromatic rings. The number of pyridine rings is 1. The average Bonchev–Trinajstić information content (AvgIpc) is 2.37. The highest BCUT2D eigenvalue weighted by Gasteiger charge is 2.12. The second kappa shape index (κ2) is 7.66. The minimum absolute atomic E-state index is 0.109. The van der Waals surface area contributed by atoms with Gasteiger partial charge in [-0.15, -0.1) is 0 Å². The Kier molecular flexibility index (Phi) is 6.14. The molecule has 0 spiro atoms. The lowest BCUT2D eigenvalue weighted by Gasteiger charge is -2.13. The van der Waals surface area contributed by atoms with E-state index in [0.29, 0.717) is 30.5 Å². The van der Waals surface area contributed by atoms with E-state index in [2.05, 4.69) is 15.6 Å². The van der Waals surface area contributed by atoms with Gasteiger partial charge < -0.3 is 15.4 Å². The summed E-state index contributed by atoms with van der Waals surface area (Å²) < 4.78 is 5.03. The molecule has 1 rings (SSSR count). The van der Waals surface area contributed by atoms with Crippen LogP contribution in [-0.2, 0) is 4.74 Å². The topological polar surface area (TPSA) is 63.2 Å². The number of carbonyl (C=O) groups excluding carboxylic acids is 1. The van der Waals surface area contributed by atoms with Crippen molar-refractivity contribution in [2.24, 2.45) is 5.92 Å². The molecule has 1 amide bonds. The van der Waals surface area contributed by atoms with Crippen molar-refractivity contribution in [1.82, 2.24) is 10.3 Å². The third-order valence-corrected chi connectivity index (χ3v) is 2.46. The molecule has 1 heterocycles. The van der Waals surface area contributed by atoms with E-state index >= 15 is 0 Å². The second-order valence-electron chi connectivity index (χ2n) is 4.20. The van der Waals surface area contributed by atoms with Crippen molar-refractivity contribution < 1.29 is 9.53 Å². The predicted octanol–water partition coefficient (Wildman–Crippen LogP) is 1.53. The Morgan fingerprint density at radius 3 is 3.00 bits per heavy atom. The van der Waals surface area contributed by atoms with Crippen molar-refractivity contribution in [1.29, 1.82) is 0 Å². The molecule has 0 aliphatic heterocycles. The average molecular weight is 251 g/mol. The maximum absolute atomic E-state index is 12.0. The fourth-order valence-corrected chi connectivity index (χ4v) is 1.60. The lowest BCUT2D eigenvalue weighted by Crippen LogP contribution is -2.30. The van der Waals surface area contributed by atoms with Crippen LogP contribution in [0, 0.1) is 5.92 Å². The Morgan fingerprint density at radius 1 is 1.56 bits per heavy atom. The Labute approximate surface area is 108 Å². The molecule has 0 aliphatic carbocycles. The molecule has 18 heavy (non-hydrogen) atoms. The van der Waals surface area contributed by atoms with Crippen molar-refractivity contribution in [2.45, 2.75) is 13.8 Å². The van der Waals surface area contributed by atoms with Crippen LogP contribution in [0.25, 0.3) is 0 Å². The summed E-state index contributed by atoms with van der Waals surface area (Å²) in [5.41, 5.74) is 0.573. The molecule has 0 aliphatic rings. The summed E-state index contributed by atoms with van der Waals surface area (Å²) in [5.74, 6) is 0.803. The summed E-state index contributed by atoms with van der Waals surface area (Å²) in [7, 11) is 1.66. The number of methoxy groups -OCH3 is 1. The van der Waals surface area contributed by atoms with Gasteiger partial charge >= 0.3 is 0 Å². The molecule has 0 saturated heterocycles. The molecule has 2 N–H and O–H groups in total. The van der Waals surface area contributed by atoms with E-state index in [-0.39, 0.29) is 5.91 Å². The molecule has 5 heteroatoms. The van der Waals surface area contributed by atoms with Gasteiger partial charge in [-0.05, 0) is 25.0 Å². The van der Waals surface area contributed by atoms with Crippen molar-refractivity contribution in [2.75, 3.05) is 32.1 Å². The van der Waals surface area contributed by atoms with Gasteiger partial charge in [0.05, 0.1) is 12.2 Å². The van der Waals surface area contributed by atoms with Crippen molar-refractivity contribution in [3.63, 3.8) is 0 Å². The largest absolute Gasteiger partial charge is 0.384 e. The van der Waals surface area contributed by atoms with Crippen LogP contribution >= 0.6 is 0 Å².